The molecule has 7 nitrogen and oxygen atoms in total. The van der Waals surface area contributed by atoms with Gasteiger partial charge in [-0.1, -0.05) is 30.3 Å². The Morgan fingerprint density at radius 2 is 1.54 bits per heavy atom. The molecule has 2 aromatic rings. The summed E-state index contributed by atoms with van der Waals surface area (Å²) in [6, 6.07) is 15.6. The molecule has 0 aromatic heterocycles. The van der Waals surface area contributed by atoms with Crippen molar-refractivity contribution in [2.45, 2.75) is 18.9 Å². The maximum absolute atomic E-state index is 12.3. The number of hydrogen-bond donors (Lipinski definition) is 1. The number of anilines is 1. The summed E-state index contributed by atoms with van der Waals surface area (Å²) < 4.78 is 0. The number of rotatable bonds is 5. The minimum Gasteiger partial charge on any atom is -0.351 e. The van der Waals surface area contributed by atoms with Crippen LogP contribution < -0.4 is 10.2 Å². The van der Waals surface area contributed by atoms with Gasteiger partial charge in [0.25, 0.3) is 11.8 Å². The third-order valence-electron chi connectivity index (χ3n) is 5.00. The summed E-state index contributed by atoms with van der Waals surface area (Å²) in [7, 11) is 0. The van der Waals surface area contributed by atoms with Gasteiger partial charge in [-0.15, -0.1) is 0 Å². The second-order valence-electron chi connectivity index (χ2n) is 6.87. The molecule has 0 spiro atoms. The highest BCUT2D eigenvalue weighted by atomic mass is 16.2. The fourth-order valence-corrected chi connectivity index (χ4v) is 3.62. The van der Waals surface area contributed by atoms with E-state index in [0.717, 1.165) is 10.6 Å². The summed E-state index contributed by atoms with van der Waals surface area (Å²) in [6.45, 7) is 0.419. The van der Waals surface area contributed by atoms with Gasteiger partial charge in [0.2, 0.25) is 11.8 Å². The molecular weight excluding hydrogens is 358 g/mol. The van der Waals surface area contributed by atoms with Crippen LogP contribution in [0, 0.1) is 0 Å². The number of nitrogens with zero attached hydrogens (tertiary/aromatic N) is 2. The van der Waals surface area contributed by atoms with Crippen molar-refractivity contribution in [1.82, 2.24) is 10.2 Å². The van der Waals surface area contributed by atoms with Crippen molar-refractivity contribution in [3.05, 3.63) is 65.7 Å². The summed E-state index contributed by atoms with van der Waals surface area (Å²) in [5, 5.41) is 2.83. The third-order valence-corrected chi connectivity index (χ3v) is 5.00. The van der Waals surface area contributed by atoms with Crippen LogP contribution in [0.5, 0.6) is 0 Å². The van der Waals surface area contributed by atoms with E-state index in [1.165, 1.54) is 0 Å². The zero-order chi connectivity index (χ0) is 19.7. The minimum atomic E-state index is -0.375. The van der Waals surface area contributed by atoms with Gasteiger partial charge in [0, 0.05) is 31.6 Å². The van der Waals surface area contributed by atoms with Crippen LogP contribution in [-0.2, 0) is 9.59 Å². The highest BCUT2D eigenvalue weighted by Gasteiger charge is 2.36. The van der Waals surface area contributed by atoms with E-state index in [1.807, 2.05) is 30.3 Å². The summed E-state index contributed by atoms with van der Waals surface area (Å²) >= 11 is 0. The lowest BCUT2D eigenvalue weighted by molar-refractivity contribution is -0.121. The zero-order valence-corrected chi connectivity index (χ0v) is 15.1. The molecule has 7 heteroatoms. The maximum Gasteiger partial charge on any atom is 0.261 e. The van der Waals surface area contributed by atoms with Gasteiger partial charge >= 0.3 is 0 Å². The molecule has 2 aromatic carbocycles. The summed E-state index contributed by atoms with van der Waals surface area (Å²) in [4.78, 5) is 51.9. The van der Waals surface area contributed by atoms with E-state index in [-0.39, 0.29) is 49.1 Å². The number of hydrogen-bond acceptors (Lipinski definition) is 4. The molecule has 1 N–H and O–H groups in total. The molecule has 1 fully saturated rings. The Labute approximate surface area is 161 Å². The first-order chi connectivity index (χ1) is 13.5. The lowest BCUT2D eigenvalue weighted by atomic mass is 10.1. The number of benzene rings is 2. The number of amides is 4. The Hall–Kier alpha value is -3.48. The van der Waals surface area contributed by atoms with E-state index in [4.69, 9.17) is 0 Å². The largest absolute Gasteiger partial charge is 0.351 e. The van der Waals surface area contributed by atoms with Crippen LogP contribution >= 0.6 is 0 Å². The fourth-order valence-electron chi connectivity index (χ4n) is 3.62. The fraction of sp³-hybridized carbons (Fsp3) is 0.238. The van der Waals surface area contributed by atoms with E-state index in [1.54, 1.807) is 29.2 Å². The normalized spacial score (nSPS) is 18.6. The van der Waals surface area contributed by atoms with Crippen LogP contribution in [0.2, 0.25) is 0 Å². The molecule has 0 aliphatic carbocycles. The highest BCUT2D eigenvalue weighted by molar-refractivity contribution is 6.21. The average molecular weight is 377 g/mol. The first kappa shape index (κ1) is 17.9. The standard InChI is InChI=1S/C21H19N3O4/c25-18(10-11-23-20(27)16-8-4-5-9-17(16)21(23)28)22-14-12-19(26)24(13-14)15-6-2-1-3-7-15/h1-9,14H,10-13H2,(H,22,25). The number of carbonyl (C=O) groups is 4. The molecule has 4 amide bonds. The van der Waals surface area contributed by atoms with E-state index >= 15 is 0 Å². The number of nitrogens with one attached hydrogen (secondary N) is 1. The van der Waals surface area contributed by atoms with Crippen LogP contribution in [0.4, 0.5) is 5.69 Å². The van der Waals surface area contributed by atoms with Gasteiger partial charge in [-0.3, -0.25) is 24.1 Å². The molecule has 1 saturated heterocycles. The van der Waals surface area contributed by atoms with Crippen molar-refractivity contribution in [2.75, 3.05) is 18.0 Å². The van der Waals surface area contributed by atoms with Crippen molar-refractivity contribution < 1.29 is 19.2 Å². The van der Waals surface area contributed by atoms with Crippen molar-refractivity contribution in [2.24, 2.45) is 0 Å². The molecule has 1 unspecified atom stereocenters. The topological polar surface area (TPSA) is 86.8 Å². The monoisotopic (exact) mass is 377 g/mol. The van der Waals surface area contributed by atoms with E-state index < -0.39 is 0 Å². The van der Waals surface area contributed by atoms with Gasteiger partial charge in [0.05, 0.1) is 17.2 Å². The molecule has 4 rings (SSSR count). The maximum atomic E-state index is 12.3. The second kappa shape index (κ2) is 7.26. The van der Waals surface area contributed by atoms with Gasteiger partial charge in [-0.2, -0.15) is 0 Å². The van der Waals surface area contributed by atoms with E-state index in [9.17, 15) is 19.2 Å². The predicted molar refractivity (Wildman–Crippen MR) is 102 cm³/mol. The summed E-state index contributed by atoms with van der Waals surface area (Å²) in [6.07, 6.45) is 0.231. The first-order valence-electron chi connectivity index (χ1n) is 9.14. The lowest BCUT2D eigenvalue weighted by Crippen LogP contribution is -2.39. The Kier molecular flexibility index (Phi) is 4.65. The average Bonchev–Trinajstić information content (AvgIpc) is 3.19. The summed E-state index contributed by atoms with van der Waals surface area (Å²) in [5.74, 6) is -1.08. The number of para-hydroxylation sites is 1. The Bertz CT molecular complexity index is 922. The Balaban J connectivity index is 1.32. The molecule has 0 saturated carbocycles. The number of carbonyl (C=O) groups excluding carboxylic acids is 4. The molecule has 2 aliphatic heterocycles. The second-order valence-corrected chi connectivity index (χ2v) is 6.87. The first-order valence-corrected chi connectivity index (χ1v) is 9.14. The molecule has 1 atom stereocenters. The molecular formula is C21H19N3O4. The van der Waals surface area contributed by atoms with Gasteiger partial charge in [-0.05, 0) is 24.3 Å². The number of fused-ring (bicyclic) bond motifs is 1. The van der Waals surface area contributed by atoms with Crippen molar-refractivity contribution in [3.8, 4) is 0 Å². The van der Waals surface area contributed by atoms with Crippen LogP contribution in [0.1, 0.15) is 33.6 Å². The molecule has 0 bridgehead atoms. The minimum absolute atomic E-state index is 0.00148. The molecule has 2 heterocycles. The zero-order valence-electron chi connectivity index (χ0n) is 15.1. The highest BCUT2D eigenvalue weighted by Crippen LogP contribution is 2.23. The lowest BCUT2D eigenvalue weighted by Gasteiger charge is -2.18. The van der Waals surface area contributed by atoms with Crippen LogP contribution in [0.15, 0.2) is 54.6 Å². The van der Waals surface area contributed by atoms with Crippen LogP contribution in [0.3, 0.4) is 0 Å². The molecule has 2 aliphatic rings. The molecule has 142 valence electrons. The van der Waals surface area contributed by atoms with Gasteiger partial charge < -0.3 is 10.2 Å². The SMILES string of the molecule is O=C(CCN1C(=O)c2ccccc2C1=O)NC1CC(=O)N(c2ccccc2)C1. The van der Waals surface area contributed by atoms with Crippen molar-refractivity contribution in [3.63, 3.8) is 0 Å². The quantitative estimate of drug-likeness (QED) is 0.802. The van der Waals surface area contributed by atoms with Crippen molar-refractivity contribution in [1.29, 1.82) is 0 Å². The van der Waals surface area contributed by atoms with Gasteiger partial charge in [0.1, 0.15) is 0 Å². The Morgan fingerprint density at radius 3 is 2.18 bits per heavy atom. The van der Waals surface area contributed by atoms with Gasteiger partial charge in [0.15, 0.2) is 0 Å². The molecule has 28 heavy (non-hydrogen) atoms. The molecule has 0 radical (unpaired) electrons. The van der Waals surface area contributed by atoms with E-state index in [0.29, 0.717) is 17.7 Å². The number of imide groups is 1. The Morgan fingerprint density at radius 1 is 0.929 bits per heavy atom. The van der Waals surface area contributed by atoms with E-state index in [2.05, 4.69) is 5.32 Å². The summed E-state index contributed by atoms with van der Waals surface area (Å²) in [5.41, 5.74) is 1.54. The smallest absolute Gasteiger partial charge is 0.261 e. The predicted octanol–water partition coefficient (Wildman–Crippen LogP) is 1.59. The van der Waals surface area contributed by atoms with Crippen LogP contribution in [-0.4, -0.2) is 47.7 Å². The van der Waals surface area contributed by atoms with Crippen molar-refractivity contribution >= 4 is 29.3 Å². The third kappa shape index (κ3) is 3.26. The van der Waals surface area contributed by atoms with Gasteiger partial charge in [-0.25, -0.2) is 0 Å². The van der Waals surface area contributed by atoms with Crippen LogP contribution in [0.25, 0.3) is 0 Å².